The first-order valence-electron chi connectivity index (χ1n) is 7.95. The number of rotatable bonds is 10. The molecule has 0 saturated carbocycles. The molecule has 1 heterocycles. The largest absolute Gasteiger partial charge is 0.326 e. The topological polar surface area (TPSA) is 42.0 Å². The lowest BCUT2D eigenvalue weighted by Crippen LogP contribution is -2.11. The lowest BCUT2D eigenvalue weighted by molar-refractivity contribution is -0.116. The van der Waals surface area contributed by atoms with Crippen molar-refractivity contribution in [2.45, 2.75) is 71.6 Å². The van der Waals surface area contributed by atoms with Gasteiger partial charge in [-0.3, -0.25) is 9.78 Å². The normalized spacial score (nSPS) is 10.5. The number of unbranched alkanes of at least 4 members (excludes halogenated alkanes) is 7. The minimum atomic E-state index is 0.113. The zero-order chi connectivity index (χ0) is 14.6. The van der Waals surface area contributed by atoms with Gasteiger partial charge in [-0.1, -0.05) is 51.9 Å². The molecule has 3 nitrogen and oxygen atoms in total. The summed E-state index contributed by atoms with van der Waals surface area (Å²) >= 11 is 0. The van der Waals surface area contributed by atoms with Gasteiger partial charge in [0.2, 0.25) is 5.91 Å². The zero-order valence-electron chi connectivity index (χ0n) is 13.0. The molecule has 1 N–H and O–H groups in total. The summed E-state index contributed by atoms with van der Waals surface area (Å²) in [5, 5.41) is 2.92. The lowest BCUT2D eigenvalue weighted by Gasteiger charge is -2.05. The SMILES string of the molecule is CCCCCCCCCCC(=O)Nc1ccnc(C)c1. The number of hydrogen-bond acceptors (Lipinski definition) is 2. The summed E-state index contributed by atoms with van der Waals surface area (Å²) in [5.74, 6) is 0.113. The second-order valence-electron chi connectivity index (χ2n) is 5.46. The van der Waals surface area contributed by atoms with Gasteiger partial charge >= 0.3 is 0 Å². The standard InChI is InChI=1S/C17H28N2O/c1-3-4-5-6-7-8-9-10-11-17(20)19-16-12-13-18-15(2)14-16/h12-14H,3-11H2,1-2H3,(H,18,19,20). The number of pyridine rings is 1. The molecule has 0 unspecified atom stereocenters. The van der Waals surface area contributed by atoms with E-state index < -0.39 is 0 Å². The highest BCUT2D eigenvalue weighted by molar-refractivity contribution is 5.90. The van der Waals surface area contributed by atoms with Crippen molar-refractivity contribution >= 4 is 11.6 Å². The Morgan fingerprint density at radius 3 is 2.40 bits per heavy atom. The summed E-state index contributed by atoms with van der Waals surface area (Å²) in [7, 11) is 0. The lowest BCUT2D eigenvalue weighted by atomic mass is 10.1. The number of amides is 1. The summed E-state index contributed by atoms with van der Waals surface area (Å²) in [6.45, 7) is 4.16. The average molecular weight is 276 g/mol. The van der Waals surface area contributed by atoms with Crippen LogP contribution in [0.1, 0.15) is 70.4 Å². The molecule has 1 rings (SSSR count). The van der Waals surface area contributed by atoms with Crippen LogP contribution in [-0.4, -0.2) is 10.9 Å². The van der Waals surface area contributed by atoms with Crippen LogP contribution >= 0.6 is 0 Å². The Balaban J connectivity index is 2.03. The van der Waals surface area contributed by atoms with Crippen LogP contribution in [0.4, 0.5) is 5.69 Å². The predicted octanol–water partition coefficient (Wildman–Crippen LogP) is 4.86. The van der Waals surface area contributed by atoms with Crippen LogP contribution in [0, 0.1) is 6.92 Å². The fourth-order valence-corrected chi connectivity index (χ4v) is 2.27. The molecule has 0 aliphatic heterocycles. The van der Waals surface area contributed by atoms with E-state index in [2.05, 4.69) is 17.2 Å². The van der Waals surface area contributed by atoms with Gasteiger partial charge in [0.15, 0.2) is 0 Å². The van der Waals surface area contributed by atoms with E-state index in [0.29, 0.717) is 6.42 Å². The minimum absolute atomic E-state index is 0.113. The molecule has 0 atom stereocenters. The molecule has 0 radical (unpaired) electrons. The third-order valence-electron chi connectivity index (χ3n) is 3.44. The van der Waals surface area contributed by atoms with Crippen LogP contribution in [0.2, 0.25) is 0 Å². The molecular formula is C17H28N2O. The predicted molar refractivity (Wildman–Crippen MR) is 84.8 cm³/mol. The average Bonchev–Trinajstić information content (AvgIpc) is 2.42. The van der Waals surface area contributed by atoms with Crippen molar-refractivity contribution < 1.29 is 4.79 Å². The molecule has 0 spiro atoms. The molecular weight excluding hydrogens is 248 g/mol. The smallest absolute Gasteiger partial charge is 0.224 e. The van der Waals surface area contributed by atoms with E-state index in [1.54, 1.807) is 6.20 Å². The zero-order valence-corrected chi connectivity index (χ0v) is 13.0. The van der Waals surface area contributed by atoms with Crippen LogP contribution < -0.4 is 5.32 Å². The van der Waals surface area contributed by atoms with E-state index in [-0.39, 0.29) is 5.91 Å². The summed E-state index contributed by atoms with van der Waals surface area (Å²) in [5.41, 5.74) is 1.77. The van der Waals surface area contributed by atoms with Crippen LogP contribution in [-0.2, 0) is 4.79 Å². The van der Waals surface area contributed by atoms with E-state index in [1.807, 2.05) is 19.1 Å². The monoisotopic (exact) mass is 276 g/mol. The number of carbonyl (C=O) groups excluding carboxylic acids is 1. The summed E-state index contributed by atoms with van der Waals surface area (Å²) < 4.78 is 0. The Labute approximate surface area is 123 Å². The molecule has 112 valence electrons. The number of hydrogen-bond donors (Lipinski definition) is 1. The van der Waals surface area contributed by atoms with Crippen molar-refractivity contribution in [1.82, 2.24) is 4.98 Å². The van der Waals surface area contributed by atoms with Crippen molar-refractivity contribution in [3.8, 4) is 0 Å². The molecule has 20 heavy (non-hydrogen) atoms. The number of aromatic nitrogens is 1. The summed E-state index contributed by atoms with van der Waals surface area (Å²) in [6, 6.07) is 3.73. The fourth-order valence-electron chi connectivity index (χ4n) is 2.27. The molecule has 3 heteroatoms. The Morgan fingerprint density at radius 2 is 1.75 bits per heavy atom. The number of nitrogens with one attached hydrogen (secondary N) is 1. The van der Waals surface area contributed by atoms with Gasteiger partial charge in [0, 0.05) is 24.0 Å². The number of nitrogens with zero attached hydrogens (tertiary/aromatic N) is 1. The van der Waals surface area contributed by atoms with Gasteiger partial charge < -0.3 is 5.32 Å². The Bertz CT molecular complexity index is 390. The van der Waals surface area contributed by atoms with Crippen molar-refractivity contribution in [2.75, 3.05) is 5.32 Å². The highest BCUT2D eigenvalue weighted by atomic mass is 16.1. The van der Waals surface area contributed by atoms with Crippen molar-refractivity contribution in [3.63, 3.8) is 0 Å². The number of aryl methyl sites for hydroxylation is 1. The van der Waals surface area contributed by atoms with Crippen LogP contribution in [0.3, 0.4) is 0 Å². The first kappa shape index (κ1) is 16.7. The van der Waals surface area contributed by atoms with E-state index in [4.69, 9.17) is 0 Å². The molecule has 0 aliphatic carbocycles. The van der Waals surface area contributed by atoms with Gasteiger partial charge in [0.05, 0.1) is 0 Å². The molecule has 0 saturated heterocycles. The molecule has 1 aromatic rings. The second-order valence-corrected chi connectivity index (χ2v) is 5.46. The van der Waals surface area contributed by atoms with Gasteiger partial charge in [-0.2, -0.15) is 0 Å². The van der Waals surface area contributed by atoms with E-state index in [9.17, 15) is 4.79 Å². The molecule has 1 aromatic heterocycles. The Kier molecular flexibility index (Phi) is 8.68. The second kappa shape index (κ2) is 10.4. The molecule has 1 amide bonds. The van der Waals surface area contributed by atoms with Gasteiger partial charge in [-0.05, 0) is 25.5 Å². The van der Waals surface area contributed by atoms with E-state index in [0.717, 1.165) is 24.2 Å². The first-order chi connectivity index (χ1) is 9.72. The van der Waals surface area contributed by atoms with Crippen molar-refractivity contribution in [1.29, 1.82) is 0 Å². The van der Waals surface area contributed by atoms with E-state index in [1.165, 1.54) is 38.5 Å². The van der Waals surface area contributed by atoms with Crippen LogP contribution in [0.15, 0.2) is 18.3 Å². The maximum atomic E-state index is 11.8. The van der Waals surface area contributed by atoms with Crippen LogP contribution in [0.25, 0.3) is 0 Å². The number of carbonyl (C=O) groups is 1. The van der Waals surface area contributed by atoms with Crippen molar-refractivity contribution in [2.24, 2.45) is 0 Å². The van der Waals surface area contributed by atoms with Gasteiger partial charge in [-0.15, -0.1) is 0 Å². The van der Waals surface area contributed by atoms with Gasteiger partial charge in [0.1, 0.15) is 0 Å². The highest BCUT2D eigenvalue weighted by Gasteiger charge is 2.02. The maximum Gasteiger partial charge on any atom is 0.224 e. The first-order valence-corrected chi connectivity index (χ1v) is 7.95. The van der Waals surface area contributed by atoms with Gasteiger partial charge in [0.25, 0.3) is 0 Å². The highest BCUT2D eigenvalue weighted by Crippen LogP contribution is 2.11. The third kappa shape index (κ3) is 7.93. The summed E-state index contributed by atoms with van der Waals surface area (Å²) in [6.07, 6.45) is 12.4. The minimum Gasteiger partial charge on any atom is -0.326 e. The third-order valence-corrected chi connectivity index (χ3v) is 3.44. The quantitative estimate of drug-likeness (QED) is 0.620. The van der Waals surface area contributed by atoms with E-state index >= 15 is 0 Å². The molecule has 0 aromatic carbocycles. The molecule has 0 aliphatic rings. The summed E-state index contributed by atoms with van der Waals surface area (Å²) in [4.78, 5) is 15.9. The molecule has 0 bridgehead atoms. The van der Waals surface area contributed by atoms with Crippen LogP contribution in [0.5, 0.6) is 0 Å². The Hall–Kier alpha value is -1.38. The maximum absolute atomic E-state index is 11.8. The van der Waals surface area contributed by atoms with Crippen molar-refractivity contribution in [3.05, 3.63) is 24.0 Å². The number of anilines is 1. The Morgan fingerprint density at radius 1 is 1.10 bits per heavy atom. The fraction of sp³-hybridized carbons (Fsp3) is 0.647. The molecule has 0 fully saturated rings. The van der Waals surface area contributed by atoms with Gasteiger partial charge in [-0.25, -0.2) is 0 Å².